The molecule has 0 saturated carbocycles. The quantitative estimate of drug-likeness (QED) is 0.322. The summed E-state index contributed by atoms with van der Waals surface area (Å²) in [6, 6.07) is 0. The molecule has 1 unspecified atom stereocenters. The average molecular weight is 644 g/mol. The number of aromatic nitrogens is 4. The molecule has 29 heavy (non-hydrogen) atoms. The third kappa shape index (κ3) is 7.29. The lowest BCUT2D eigenvalue weighted by Gasteiger charge is -2.43. The Hall–Kier alpha value is 0.0169. The van der Waals surface area contributed by atoms with Crippen LogP contribution in [0, 0.1) is 7.40 Å². The van der Waals surface area contributed by atoms with Crippen LogP contribution in [0.3, 0.4) is 0 Å². The van der Waals surface area contributed by atoms with Gasteiger partial charge in [0.2, 0.25) is 0 Å². The van der Waals surface area contributed by atoms with E-state index in [9.17, 15) is 5.11 Å². The van der Waals surface area contributed by atoms with E-state index < -0.39 is 13.9 Å². The molecule has 0 radical (unpaired) electrons. The van der Waals surface area contributed by atoms with Gasteiger partial charge in [0.1, 0.15) is 13.2 Å². The van der Waals surface area contributed by atoms with E-state index in [1.807, 2.05) is 23.9 Å². The minimum Gasteiger partial charge on any atom is -0.410 e. The van der Waals surface area contributed by atoms with Crippen LogP contribution in [-0.4, -0.2) is 43.7 Å². The number of imidazole rings is 2. The number of nitrogens with zero attached hydrogens (tertiary/aromatic N) is 4. The summed E-state index contributed by atoms with van der Waals surface area (Å²) in [6.07, 6.45) is 6.19. The van der Waals surface area contributed by atoms with Crippen molar-refractivity contribution in [3.63, 3.8) is 0 Å². The molecule has 2 aromatic rings. The summed E-state index contributed by atoms with van der Waals surface area (Å²) in [5, 5.41) is 11.2. The Bertz CT molecular complexity index is 838. The molecule has 2 heterocycles. The van der Waals surface area contributed by atoms with Crippen molar-refractivity contribution in [3.05, 3.63) is 31.9 Å². The molecule has 164 valence electrons. The lowest BCUT2D eigenvalue weighted by Crippen LogP contribution is -2.49. The molecule has 1 N–H and O–H groups in total. The predicted molar refractivity (Wildman–Crippen MR) is 137 cm³/mol. The normalized spacial score (nSPS) is 15.6. The van der Waals surface area contributed by atoms with Gasteiger partial charge in [-0.1, -0.05) is 20.8 Å². The zero-order chi connectivity index (χ0) is 22.3. The standard InChI is InChI=1S/C20H34I2N4O2Si/c1-18(2,3)29(7,8)28-19(4,5)12-26-11-16(22)24-17(26)9-20(6,27)13-25-10-15(21)23-14-25/h10-11,14,27H,9,12-13H2,1-8H3. The van der Waals surface area contributed by atoms with Crippen molar-refractivity contribution in [1.82, 2.24) is 19.1 Å². The predicted octanol–water partition coefficient (Wildman–Crippen LogP) is 5.08. The monoisotopic (exact) mass is 644 g/mol. The first-order valence-electron chi connectivity index (χ1n) is 9.81. The fourth-order valence-corrected chi connectivity index (χ4v) is 6.04. The highest BCUT2D eigenvalue weighted by Crippen LogP contribution is 2.39. The minimum absolute atomic E-state index is 0.155. The molecule has 0 spiro atoms. The van der Waals surface area contributed by atoms with Crippen molar-refractivity contribution in [1.29, 1.82) is 0 Å². The largest absolute Gasteiger partial charge is 0.410 e. The lowest BCUT2D eigenvalue weighted by atomic mass is 10.0. The highest BCUT2D eigenvalue weighted by molar-refractivity contribution is 14.1. The van der Waals surface area contributed by atoms with Gasteiger partial charge in [-0.3, -0.25) is 0 Å². The molecule has 1 atom stereocenters. The van der Waals surface area contributed by atoms with Gasteiger partial charge in [0.15, 0.2) is 8.32 Å². The highest BCUT2D eigenvalue weighted by Gasteiger charge is 2.41. The van der Waals surface area contributed by atoms with Gasteiger partial charge in [0.25, 0.3) is 0 Å². The Labute approximate surface area is 203 Å². The smallest absolute Gasteiger partial charge is 0.192 e. The third-order valence-electron chi connectivity index (χ3n) is 5.38. The third-order valence-corrected chi connectivity index (χ3v) is 11.1. The Kier molecular flexibility index (Phi) is 7.73. The first-order valence-corrected chi connectivity index (χ1v) is 14.9. The number of halogens is 2. The van der Waals surface area contributed by atoms with Gasteiger partial charge in [-0.25, -0.2) is 9.97 Å². The second-order valence-electron chi connectivity index (χ2n) is 10.3. The van der Waals surface area contributed by atoms with Crippen molar-refractivity contribution < 1.29 is 9.53 Å². The maximum Gasteiger partial charge on any atom is 0.192 e. The molecule has 0 amide bonds. The van der Waals surface area contributed by atoms with Gasteiger partial charge in [0, 0.05) is 18.8 Å². The summed E-state index contributed by atoms with van der Waals surface area (Å²) < 4.78 is 12.6. The summed E-state index contributed by atoms with van der Waals surface area (Å²) in [5.41, 5.74) is -1.26. The lowest BCUT2D eigenvalue weighted by molar-refractivity contribution is 0.0361. The topological polar surface area (TPSA) is 65.1 Å². The van der Waals surface area contributed by atoms with E-state index in [2.05, 4.69) is 102 Å². The van der Waals surface area contributed by atoms with Crippen LogP contribution in [-0.2, 0) is 23.9 Å². The highest BCUT2D eigenvalue weighted by atomic mass is 127. The second-order valence-corrected chi connectivity index (χ2v) is 17.2. The van der Waals surface area contributed by atoms with Gasteiger partial charge < -0.3 is 18.7 Å². The molecular formula is C20H34I2N4O2Si. The van der Waals surface area contributed by atoms with Crippen LogP contribution in [0.4, 0.5) is 0 Å². The van der Waals surface area contributed by atoms with Gasteiger partial charge in [0.05, 0.1) is 30.6 Å². The van der Waals surface area contributed by atoms with Crippen LogP contribution >= 0.6 is 45.2 Å². The first kappa shape index (κ1) is 25.3. The Morgan fingerprint density at radius 1 is 1.03 bits per heavy atom. The fourth-order valence-electron chi connectivity index (χ4n) is 3.19. The molecule has 6 nitrogen and oxygen atoms in total. The van der Waals surface area contributed by atoms with Crippen LogP contribution in [0.1, 0.15) is 47.4 Å². The van der Waals surface area contributed by atoms with E-state index in [0.717, 1.165) is 13.2 Å². The van der Waals surface area contributed by atoms with Gasteiger partial charge >= 0.3 is 0 Å². The number of aliphatic hydroxyl groups is 1. The molecule has 0 saturated heterocycles. The van der Waals surface area contributed by atoms with E-state index in [4.69, 9.17) is 9.41 Å². The summed E-state index contributed by atoms with van der Waals surface area (Å²) >= 11 is 4.41. The summed E-state index contributed by atoms with van der Waals surface area (Å²) in [7, 11) is -1.90. The van der Waals surface area contributed by atoms with Crippen molar-refractivity contribution in [3.8, 4) is 0 Å². The van der Waals surface area contributed by atoms with E-state index >= 15 is 0 Å². The molecule has 0 bridgehead atoms. The first-order chi connectivity index (χ1) is 13.0. The summed E-state index contributed by atoms with van der Waals surface area (Å²) in [6.45, 7) is 18.7. The van der Waals surface area contributed by atoms with Crippen LogP contribution < -0.4 is 0 Å². The summed E-state index contributed by atoms with van der Waals surface area (Å²) in [4.78, 5) is 8.93. The second kappa shape index (κ2) is 8.87. The average Bonchev–Trinajstić information content (AvgIpc) is 3.00. The molecule has 0 fully saturated rings. The van der Waals surface area contributed by atoms with Crippen molar-refractivity contribution in [2.45, 2.75) is 90.4 Å². The molecule has 2 rings (SSSR count). The Morgan fingerprint density at radius 3 is 2.17 bits per heavy atom. The van der Waals surface area contributed by atoms with Crippen LogP contribution in [0.5, 0.6) is 0 Å². The van der Waals surface area contributed by atoms with Crippen molar-refractivity contribution in [2.75, 3.05) is 0 Å². The van der Waals surface area contributed by atoms with Crippen LogP contribution in [0.15, 0.2) is 18.7 Å². The van der Waals surface area contributed by atoms with Gasteiger partial charge in [-0.05, 0) is 84.1 Å². The van der Waals surface area contributed by atoms with Crippen LogP contribution in [0.2, 0.25) is 18.1 Å². The van der Waals surface area contributed by atoms with E-state index in [1.54, 1.807) is 6.33 Å². The van der Waals surface area contributed by atoms with E-state index in [1.165, 1.54) is 0 Å². The summed E-state index contributed by atoms with van der Waals surface area (Å²) in [5.74, 6) is 0.876. The zero-order valence-corrected chi connectivity index (χ0v) is 24.1. The zero-order valence-electron chi connectivity index (χ0n) is 18.8. The Morgan fingerprint density at radius 2 is 1.66 bits per heavy atom. The maximum atomic E-state index is 11.0. The van der Waals surface area contributed by atoms with Gasteiger partial charge in [-0.15, -0.1) is 0 Å². The molecule has 0 aliphatic heterocycles. The van der Waals surface area contributed by atoms with Gasteiger partial charge in [-0.2, -0.15) is 0 Å². The fraction of sp³-hybridized carbons (Fsp3) is 0.700. The Balaban J connectivity index is 2.17. The number of hydrogen-bond donors (Lipinski definition) is 1. The molecular weight excluding hydrogens is 610 g/mol. The van der Waals surface area contributed by atoms with E-state index in [-0.39, 0.29) is 10.6 Å². The minimum atomic E-state index is -1.90. The molecule has 2 aromatic heterocycles. The molecule has 0 aliphatic rings. The van der Waals surface area contributed by atoms with Crippen LogP contribution in [0.25, 0.3) is 0 Å². The maximum absolute atomic E-state index is 11.0. The van der Waals surface area contributed by atoms with Crippen molar-refractivity contribution in [2.24, 2.45) is 0 Å². The van der Waals surface area contributed by atoms with E-state index in [0.29, 0.717) is 19.5 Å². The van der Waals surface area contributed by atoms with Crippen molar-refractivity contribution >= 4 is 53.5 Å². The number of hydrogen-bond acceptors (Lipinski definition) is 4. The molecule has 0 aromatic carbocycles. The molecule has 0 aliphatic carbocycles. The molecule has 9 heteroatoms. The number of rotatable bonds is 8. The SMILES string of the molecule is CC(O)(Cc1nc(I)cn1CC(C)(C)O[Si](C)(C)C(C)(C)C)Cn1cnc(I)c1.